The topological polar surface area (TPSA) is 96.2 Å². The Hall–Kier alpha value is -2.73. The first-order valence-electron chi connectivity index (χ1n) is 6.61. The third-order valence-electron chi connectivity index (χ3n) is 3.57. The Morgan fingerprint density at radius 3 is 2.45 bits per heavy atom. The fraction of sp³-hybridized carbons (Fsp3) is 0.188. The summed E-state index contributed by atoms with van der Waals surface area (Å²) in [6, 6.07) is 9.70. The van der Waals surface area contributed by atoms with Crippen LogP contribution in [0.5, 0.6) is 23.0 Å². The molecule has 0 aliphatic carbocycles. The van der Waals surface area contributed by atoms with Crippen molar-refractivity contribution in [3.63, 3.8) is 0 Å². The summed E-state index contributed by atoms with van der Waals surface area (Å²) >= 11 is 0. The molecule has 0 saturated carbocycles. The molecular formula is C16H14O6. The fourth-order valence-electron chi connectivity index (χ4n) is 2.53. The van der Waals surface area contributed by atoms with Crippen molar-refractivity contribution in [3.05, 3.63) is 47.5 Å². The molecule has 3 N–H and O–H groups in total. The summed E-state index contributed by atoms with van der Waals surface area (Å²) in [5.41, 5.74) is 0.396. The van der Waals surface area contributed by atoms with E-state index < -0.39 is 23.7 Å². The number of Topliss-reactive ketones (excluding diaryl/α,β-unsaturated/α-hetero) is 1. The maximum atomic E-state index is 12.4. The monoisotopic (exact) mass is 302 g/mol. The van der Waals surface area contributed by atoms with Crippen LogP contribution in [0.1, 0.15) is 22.0 Å². The molecule has 0 fully saturated rings. The average molecular weight is 302 g/mol. The van der Waals surface area contributed by atoms with E-state index in [0.29, 0.717) is 5.56 Å². The number of ether oxygens (including phenoxy) is 2. The van der Waals surface area contributed by atoms with Crippen LogP contribution >= 0.6 is 0 Å². The minimum Gasteiger partial charge on any atom is -0.507 e. The van der Waals surface area contributed by atoms with Crippen LogP contribution in [-0.4, -0.2) is 34.3 Å². The van der Waals surface area contributed by atoms with Crippen LogP contribution in [-0.2, 0) is 0 Å². The average Bonchev–Trinajstić information content (AvgIpc) is 2.51. The molecule has 0 radical (unpaired) electrons. The second-order valence-electron chi connectivity index (χ2n) is 4.91. The number of benzene rings is 2. The number of hydrogen-bond donors (Lipinski definition) is 3. The van der Waals surface area contributed by atoms with Gasteiger partial charge in [0, 0.05) is 6.07 Å². The predicted octanol–water partition coefficient (Wildman–Crippen LogP) is 1.78. The third-order valence-corrected chi connectivity index (χ3v) is 3.57. The Labute approximate surface area is 126 Å². The van der Waals surface area contributed by atoms with Crippen molar-refractivity contribution in [1.82, 2.24) is 0 Å². The van der Waals surface area contributed by atoms with Gasteiger partial charge in [0.1, 0.15) is 11.3 Å². The van der Waals surface area contributed by atoms with Gasteiger partial charge in [-0.3, -0.25) is 4.79 Å². The van der Waals surface area contributed by atoms with E-state index in [1.165, 1.54) is 7.11 Å². The van der Waals surface area contributed by atoms with Crippen molar-refractivity contribution in [1.29, 1.82) is 0 Å². The molecule has 1 aliphatic heterocycles. The molecule has 0 spiro atoms. The lowest BCUT2D eigenvalue weighted by Crippen LogP contribution is -2.36. The molecule has 0 bridgehead atoms. The third kappa shape index (κ3) is 2.05. The predicted molar refractivity (Wildman–Crippen MR) is 76.5 cm³/mol. The van der Waals surface area contributed by atoms with Crippen LogP contribution in [0.15, 0.2) is 36.4 Å². The van der Waals surface area contributed by atoms with Crippen LogP contribution in [0.3, 0.4) is 0 Å². The number of methoxy groups -OCH3 is 1. The van der Waals surface area contributed by atoms with E-state index in [9.17, 15) is 20.1 Å². The Kier molecular flexibility index (Phi) is 3.38. The summed E-state index contributed by atoms with van der Waals surface area (Å²) in [5, 5.41) is 29.9. The molecule has 22 heavy (non-hydrogen) atoms. The number of phenols is 2. The van der Waals surface area contributed by atoms with Crippen LogP contribution in [0, 0.1) is 0 Å². The number of phenolic OH excluding ortho intramolecular Hbond substituents is 2. The highest BCUT2D eigenvalue weighted by Crippen LogP contribution is 2.49. The molecule has 2 atom stereocenters. The second-order valence-corrected chi connectivity index (χ2v) is 4.91. The van der Waals surface area contributed by atoms with E-state index in [2.05, 4.69) is 0 Å². The lowest BCUT2D eigenvalue weighted by Gasteiger charge is -2.31. The summed E-state index contributed by atoms with van der Waals surface area (Å²) in [6.07, 6.45) is -2.41. The van der Waals surface area contributed by atoms with Crippen molar-refractivity contribution < 1.29 is 29.6 Å². The molecule has 0 unspecified atom stereocenters. The zero-order chi connectivity index (χ0) is 15.9. The second kappa shape index (κ2) is 5.23. The molecule has 0 aromatic heterocycles. The molecule has 6 heteroatoms. The summed E-state index contributed by atoms with van der Waals surface area (Å²) in [6.45, 7) is 0. The summed E-state index contributed by atoms with van der Waals surface area (Å²) in [7, 11) is 1.31. The van der Waals surface area contributed by atoms with E-state index in [1.807, 2.05) is 0 Å². The van der Waals surface area contributed by atoms with Gasteiger partial charge in [-0.15, -0.1) is 0 Å². The maximum Gasteiger partial charge on any atom is 0.204 e. The number of rotatable bonds is 2. The molecule has 2 aromatic carbocycles. The minimum atomic E-state index is -1.46. The Morgan fingerprint density at radius 1 is 1.14 bits per heavy atom. The van der Waals surface area contributed by atoms with Crippen LogP contribution in [0.25, 0.3) is 0 Å². The first-order valence-corrected chi connectivity index (χ1v) is 6.61. The van der Waals surface area contributed by atoms with Crippen LogP contribution in [0.4, 0.5) is 0 Å². The number of carbonyl (C=O) groups is 1. The van der Waals surface area contributed by atoms with Gasteiger partial charge in [-0.1, -0.05) is 30.3 Å². The molecule has 0 saturated heterocycles. The van der Waals surface area contributed by atoms with Gasteiger partial charge in [0.15, 0.2) is 23.7 Å². The zero-order valence-electron chi connectivity index (χ0n) is 11.7. The molecule has 114 valence electrons. The molecular weight excluding hydrogens is 288 g/mol. The maximum absolute atomic E-state index is 12.4. The number of ketones is 1. The van der Waals surface area contributed by atoms with E-state index >= 15 is 0 Å². The van der Waals surface area contributed by atoms with E-state index in [4.69, 9.17) is 9.47 Å². The van der Waals surface area contributed by atoms with Gasteiger partial charge in [0.25, 0.3) is 0 Å². The van der Waals surface area contributed by atoms with Gasteiger partial charge in [0.05, 0.1) is 7.11 Å². The Morgan fingerprint density at radius 2 is 1.82 bits per heavy atom. The first-order chi connectivity index (χ1) is 10.5. The summed E-state index contributed by atoms with van der Waals surface area (Å²) in [4.78, 5) is 12.4. The lowest BCUT2D eigenvalue weighted by atomic mass is 9.92. The van der Waals surface area contributed by atoms with Crippen molar-refractivity contribution in [2.24, 2.45) is 0 Å². The Balaban J connectivity index is 2.17. The largest absolute Gasteiger partial charge is 0.507 e. The van der Waals surface area contributed by atoms with Gasteiger partial charge in [-0.2, -0.15) is 0 Å². The summed E-state index contributed by atoms with van der Waals surface area (Å²) in [5.74, 6) is -1.65. The van der Waals surface area contributed by atoms with Gasteiger partial charge >= 0.3 is 0 Å². The van der Waals surface area contributed by atoms with E-state index in [-0.39, 0.29) is 22.8 Å². The Bertz CT molecular complexity index is 725. The highest BCUT2D eigenvalue weighted by Gasteiger charge is 2.41. The summed E-state index contributed by atoms with van der Waals surface area (Å²) < 4.78 is 10.7. The quantitative estimate of drug-likeness (QED) is 0.782. The SMILES string of the molecule is COc1c(O)cc(O)c2c1O[C@H](c1ccccc1)[C@@H](O)C2=O. The number of aliphatic hydroxyl groups is 1. The van der Waals surface area contributed by atoms with Gasteiger partial charge in [-0.05, 0) is 5.56 Å². The smallest absolute Gasteiger partial charge is 0.204 e. The number of hydrogen-bond acceptors (Lipinski definition) is 6. The molecule has 3 rings (SSSR count). The highest BCUT2D eigenvalue weighted by molar-refractivity contribution is 6.06. The molecule has 1 heterocycles. The number of aromatic hydroxyl groups is 2. The number of fused-ring (bicyclic) bond motifs is 1. The first kappa shape index (κ1) is 14.2. The lowest BCUT2D eigenvalue weighted by molar-refractivity contribution is 0.0198. The number of aliphatic hydroxyl groups excluding tert-OH is 1. The van der Waals surface area contributed by atoms with Crippen LogP contribution < -0.4 is 9.47 Å². The van der Waals surface area contributed by atoms with E-state index in [0.717, 1.165) is 6.07 Å². The van der Waals surface area contributed by atoms with Crippen molar-refractivity contribution >= 4 is 5.78 Å². The van der Waals surface area contributed by atoms with Crippen molar-refractivity contribution in [3.8, 4) is 23.0 Å². The minimum absolute atomic E-state index is 0.0611. The van der Waals surface area contributed by atoms with Crippen LogP contribution in [0.2, 0.25) is 0 Å². The van der Waals surface area contributed by atoms with E-state index in [1.54, 1.807) is 30.3 Å². The highest BCUT2D eigenvalue weighted by atomic mass is 16.5. The standard InChI is InChI=1S/C16H14O6/c1-21-15-10(18)7-9(17)11-12(19)13(20)14(22-16(11)15)8-5-3-2-4-6-8/h2-7,13-14,17-18,20H,1H3/t13-,14+/m0/s1. The molecule has 6 nitrogen and oxygen atoms in total. The van der Waals surface area contributed by atoms with Gasteiger partial charge < -0.3 is 24.8 Å². The molecule has 1 aliphatic rings. The van der Waals surface area contributed by atoms with Gasteiger partial charge in [-0.25, -0.2) is 0 Å². The molecule has 0 amide bonds. The molecule has 2 aromatic rings. The van der Waals surface area contributed by atoms with Crippen molar-refractivity contribution in [2.45, 2.75) is 12.2 Å². The normalized spacial score (nSPS) is 20.2. The zero-order valence-corrected chi connectivity index (χ0v) is 11.7. The number of carbonyl (C=O) groups excluding carboxylic acids is 1. The van der Waals surface area contributed by atoms with Gasteiger partial charge in [0.2, 0.25) is 11.5 Å². The fourth-order valence-corrected chi connectivity index (χ4v) is 2.53. The van der Waals surface area contributed by atoms with Crippen molar-refractivity contribution in [2.75, 3.05) is 7.11 Å².